The molecule has 1 fully saturated rings. The molecule has 0 aliphatic carbocycles. The Kier molecular flexibility index (Phi) is 6.52. The summed E-state index contributed by atoms with van der Waals surface area (Å²) in [6, 6.07) is 10.5. The first-order valence-electron chi connectivity index (χ1n) is 8.54. The molecule has 1 aromatic heterocycles. The van der Waals surface area contributed by atoms with Crippen molar-refractivity contribution in [1.29, 1.82) is 0 Å². The third kappa shape index (κ3) is 4.87. The van der Waals surface area contributed by atoms with Crippen LogP contribution in [0, 0.1) is 0 Å². The first-order chi connectivity index (χ1) is 12.9. The standard InChI is InChI=1S/C18H19BrClN3O3S/c19-17-6-3-4-14(22-17)12-23(16-5-1-2-11-21-18(16)24)27(25,26)15-9-7-13(20)8-10-15/h3-4,6-10,16H,1-2,5,11-12H2,(H,21,24)/t16-/m1/s1. The van der Waals surface area contributed by atoms with Crippen molar-refractivity contribution in [2.45, 2.75) is 36.7 Å². The predicted octanol–water partition coefficient (Wildman–Crippen LogP) is 3.36. The van der Waals surface area contributed by atoms with E-state index >= 15 is 0 Å². The number of benzene rings is 1. The smallest absolute Gasteiger partial charge is 0.244 e. The largest absolute Gasteiger partial charge is 0.355 e. The summed E-state index contributed by atoms with van der Waals surface area (Å²) in [5, 5.41) is 3.25. The monoisotopic (exact) mass is 471 g/mol. The normalized spacial score (nSPS) is 18.2. The van der Waals surface area contributed by atoms with E-state index in [-0.39, 0.29) is 17.3 Å². The summed E-state index contributed by atoms with van der Waals surface area (Å²) in [4.78, 5) is 17.0. The van der Waals surface area contributed by atoms with E-state index in [0.29, 0.717) is 28.3 Å². The lowest BCUT2D eigenvalue weighted by molar-refractivity contribution is -0.124. The van der Waals surface area contributed by atoms with Crippen molar-refractivity contribution < 1.29 is 13.2 Å². The number of hydrogen-bond acceptors (Lipinski definition) is 4. The highest BCUT2D eigenvalue weighted by molar-refractivity contribution is 9.10. The number of hydrogen-bond donors (Lipinski definition) is 1. The molecule has 1 atom stereocenters. The Hall–Kier alpha value is -1.48. The molecule has 1 aliphatic rings. The van der Waals surface area contributed by atoms with Crippen LogP contribution in [-0.4, -0.2) is 36.2 Å². The van der Waals surface area contributed by atoms with Crippen LogP contribution < -0.4 is 5.32 Å². The molecule has 0 bridgehead atoms. The summed E-state index contributed by atoms with van der Waals surface area (Å²) in [5.74, 6) is -0.278. The number of nitrogens with zero attached hydrogens (tertiary/aromatic N) is 2. The summed E-state index contributed by atoms with van der Waals surface area (Å²) in [5.41, 5.74) is 0.555. The zero-order chi connectivity index (χ0) is 19.4. The van der Waals surface area contributed by atoms with Crippen molar-refractivity contribution in [1.82, 2.24) is 14.6 Å². The molecular weight excluding hydrogens is 454 g/mol. The van der Waals surface area contributed by atoms with Crippen LogP contribution >= 0.6 is 27.5 Å². The molecule has 0 saturated carbocycles. The van der Waals surface area contributed by atoms with Gasteiger partial charge in [0.15, 0.2) is 0 Å². The molecule has 0 spiro atoms. The maximum atomic E-state index is 13.4. The number of carbonyl (C=O) groups is 1. The lowest BCUT2D eigenvalue weighted by atomic mass is 10.1. The Morgan fingerprint density at radius 2 is 1.93 bits per heavy atom. The zero-order valence-electron chi connectivity index (χ0n) is 14.4. The average Bonchev–Trinajstić information content (AvgIpc) is 2.84. The van der Waals surface area contributed by atoms with Crippen LogP contribution in [-0.2, 0) is 21.4 Å². The van der Waals surface area contributed by atoms with Gasteiger partial charge in [-0.25, -0.2) is 13.4 Å². The van der Waals surface area contributed by atoms with Crippen molar-refractivity contribution in [2.24, 2.45) is 0 Å². The fourth-order valence-corrected chi connectivity index (χ4v) is 5.10. The predicted molar refractivity (Wildman–Crippen MR) is 107 cm³/mol. The Bertz CT molecular complexity index is 922. The highest BCUT2D eigenvalue weighted by Crippen LogP contribution is 2.25. The Labute approximate surface area is 172 Å². The molecule has 9 heteroatoms. The van der Waals surface area contributed by atoms with E-state index in [4.69, 9.17) is 11.6 Å². The van der Waals surface area contributed by atoms with E-state index in [1.165, 1.54) is 28.6 Å². The van der Waals surface area contributed by atoms with Gasteiger partial charge >= 0.3 is 0 Å². The van der Waals surface area contributed by atoms with E-state index in [0.717, 1.165) is 12.8 Å². The van der Waals surface area contributed by atoms with Gasteiger partial charge in [-0.3, -0.25) is 4.79 Å². The number of amides is 1. The summed E-state index contributed by atoms with van der Waals surface area (Å²) in [6.07, 6.45) is 2.06. The van der Waals surface area contributed by atoms with Gasteiger partial charge in [0.05, 0.1) is 17.1 Å². The Morgan fingerprint density at radius 1 is 1.19 bits per heavy atom. The zero-order valence-corrected chi connectivity index (χ0v) is 17.6. The van der Waals surface area contributed by atoms with E-state index in [1.54, 1.807) is 18.2 Å². The highest BCUT2D eigenvalue weighted by Gasteiger charge is 2.36. The molecule has 2 aromatic rings. The molecule has 0 radical (unpaired) electrons. The SMILES string of the molecule is O=C1NCCCC[C@H]1N(Cc1cccc(Br)n1)S(=O)(=O)c1ccc(Cl)cc1. The third-order valence-electron chi connectivity index (χ3n) is 4.36. The summed E-state index contributed by atoms with van der Waals surface area (Å²) < 4.78 is 28.6. The molecule has 27 heavy (non-hydrogen) atoms. The molecular formula is C18H19BrClN3O3S. The minimum Gasteiger partial charge on any atom is -0.355 e. The molecule has 6 nitrogen and oxygen atoms in total. The van der Waals surface area contributed by atoms with Gasteiger partial charge in [-0.1, -0.05) is 17.7 Å². The molecule has 1 aromatic carbocycles. The molecule has 1 amide bonds. The Balaban J connectivity index is 2.02. The fraction of sp³-hybridized carbons (Fsp3) is 0.333. The number of nitrogens with one attached hydrogen (secondary N) is 1. The molecule has 2 heterocycles. The van der Waals surface area contributed by atoms with Gasteiger partial charge in [0.1, 0.15) is 10.6 Å². The average molecular weight is 473 g/mol. The second kappa shape index (κ2) is 8.68. The van der Waals surface area contributed by atoms with E-state index in [2.05, 4.69) is 26.2 Å². The van der Waals surface area contributed by atoms with Crippen molar-refractivity contribution in [3.63, 3.8) is 0 Å². The molecule has 1 aliphatic heterocycles. The number of rotatable bonds is 5. The van der Waals surface area contributed by atoms with Gasteiger partial charge in [0, 0.05) is 11.6 Å². The summed E-state index contributed by atoms with van der Waals surface area (Å²) >= 11 is 9.20. The molecule has 1 N–H and O–H groups in total. The van der Waals surface area contributed by atoms with Crippen molar-refractivity contribution in [3.05, 3.63) is 57.8 Å². The maximum Gasteiger partial charge on any atom is 0.244 e. The van der Waals surface area contributed by atoms with Gasteiger partial charge in [-0.15, -0.1) is 0 Å². The van der Waals surface area contributed by atoms with Gasteiger partial charge in [-0.05, 0) is 71.6 Å². The Morgan fingerprint density at radius 3 is 2.63 bits per heavy atom. The van der Waals surface area contributed by atoms with Gasteiger partial charge in [-0.2, -0.15) is 4.31 Å². The minimum absolute atomic E-state index is 0.00247. The van der Waals surface area contributed by atoms with E-state index < -0.39 is 16.1 Å². The molecule has 144 valence electrons. The summed E-state index contributed by atoms with van der Waals surface area (Å²) in [7, 11) is -3.92. The quantitative estimate of drug-likeness (QED) is 0.677. The van der Waals surface area contributed by atoms with Crippen LogP contribution in [0.25, 0.3) is 0 Å². The topological polar surface area (TPSA) is 79.4 Å². The first kappa shape index (κ1) is 20.3. The first-order valence-corrected chi connectivity index (χ1v) is 11.2. The molecule has 1 saturated heterocycles. The van der Waals surface area contributed by atoms with E-state index in [9.17, 15) is 13.2 Å². The van der Waals surface area contributed by atoms with Crippen LogP contribution in [0.5, 0.6) is 0 Å². The van der Waals surface area contributed by atoms with Crippen LogP contribution in [0.4, 0.5) is 0 Å². The van der Waals surface area contributed by atoms with Crippen molar-refractivity contribution in [3.8, 4) is 0 Å². The lowest BCUT2D eigenvalue weighted by Gasteiger charge is -2.29. The van der Waals surface area contributed by atoms with E-state index in [1.807, 2.05) is 0 Å². The minimum atomic E-state index is -3.92. The summed E-state index contributed by atoms with van der Waals surface area (Å²) in [6.45, 7) is 0.557. The van der Waals surface area contributed by atoms with Gasteiger partial charge in [0.2, 0.25) is 15.9 Å². The van der Waals surface area contributed by atoms with Crippen LogP contribution in [0.15, 0.2) is 52.0 Å². The lowest BCUT2D eigenvalue weighted by Crippen LogP contribution is -2.48. The second-order valence-electron chi connectivity index (χ2n) is 6.26. The number of halogens is 2. The number of pyridine rings is 1. The number of aromatic nitrogens is 1. The number of sulfonamides is 1. The van der Waals surface area contributed by atoms with Crippen molar-refractivity contribution in [2.75, 3.05) is 6.54 Å². The maximum absolute atomic E-state index is 13.4. The van der Waals surface area contributed by atoms with Crippen LogP contribution in [0.1, 0.15) is 25.0 Å². The second-order valence-corrected chi connectivity index (χ2v) is 9.40. The highest BCUT2D eigenvalue weighted by atomic mass is 79.9. The van der Waals surface area contributed by atoms with Gasteiger partial charge < -0.3 is 5.32 Å². The van der Waals surface area contributed by atoms with Crippen molar-refractivity contribution >= 4 is 43.5 Å². The third-order valence-corrected chi connectivity index (χ3v) is 6.93. The van der Waals surface area contributed by atoms with Gasteiger partial charge in [0.25, 0.3) is 0 Å². The number of carbonyl (C=O) groups excluding carboxylic acids is 1. The molecule has 0 unspecified atom stereocenters. The van der Waals surface area contributed by atoms with Crippen LogP contribution in [0.2, 0.25) is 5.02 Å². The van der Waals surface area contributed by atoms with Crippen LogP contribution in [0.3, 0.4) is 0 Å². The fourth-order valence-electron chi connectivity index (χ4n) is 3.00. The molecule has 3 rings (SSSR count).